The highest BCUT2D eigenvalue weighted by Crippen LogP contribution is 2.41. The van der Waals surface area contributed by atoms with Gasteiger partial charge in [0, 0.05) is 23.5 Å². The molecule has 1 fully saturated rings. The number of imidazole rings is 1. The fraction of sp³-hybridized carbons (Fsp3) is 0.387. The Bertz CT molecular complexity index is 1530. The molecule has 9 nitrogen and oxygen atoms in total. The number of pyridine rings is 3. The summed E-state index contributed by atoms with van der Waals surface area (Å²) in [7, 11) is 1.90. The molecule has 0 bridgehead atoms. The number of aliphatic hydroxyl groups is 1. The van der Waals surface area contributed by atoms with Gasteiger partial charge in [0.1, 0.15) is 29.6 Å². The SMILES string of the molecule is Cc1cc(Nc2cc(C(F)F)ccn2)nc(-c2ccc([C@](C)(O)C3CCC(C(=O)OCn4cc[n+](C)c4)CC3)nc2)c1. The first kappa shape index (κ1) is 29.2. The molecule has 4 heterocycles. The molecule has 11 heteroatoms. The number of aryl methyl sites for hydroxylation is 2. The highest BCUT2D eigenvalue weighted by Gasteiger charge is 2.39. The van der Waals surface area contributed by atoms with E-state index < -0.39 is 12.0 Å². The maximum Gasteiger partial charge on any atom is 0.312 e. The van der Waals surface area contributed by atoms with Gasteiger partial charge in [-0.2, -0.15) is 0 Å². The number of aromatic nitrogens is 5. The Labute approximate surface area is 243 Å². The number of ether oxygens (including phenoxy) is 1. The van der Waals surface area contributed by atoms with Crippen molar-refractivity contribution in [3.8, 4) is 11.3 Å². The molecule has 2 N–H and O–H groups in total. The van der Waals surface area contributed by atoms with E-state index in [4.69, 9.17) is 4.74 Å². The number of esters is 1. The number of rotatable bonds is 9. The van der Waals surface area contributed by atoms with Crippen LogP contribution >= 0.6 is 0 Å². The third-order valence-electron chi connectivity index (χ3n) is 7.87. The molecule has 1 atom stereocenters. The Morgan fingerprint density at radius 1 is 1.17 bits per heavy atom. The molecule has 4 aromatic rings. The number of hydrogen-bond donors (Lipinski definition) is 2. The van der Waals surface area contributed by atoms with Crippen molar-refractivity contribution in [3.05, 3.63) is 84.3 Å². The van der Waals surface area contributed by atoms with E-state index >= 15 is 0 Å². The summed E-state index contributed by atoms with van der Waals surface area (Å²) in [6, 6.07) is 9.95. The van der Waals surface area contributed by atoms with E-state index in [0.29, 0.717) is 42.9 Å². The van der Waals surface area contributed by atoms with Crippen LogP contribution in [0.4, 0.5) is 20.4 Å². The first-order chi connectivity index (χ1) is 20.1. The second-order valence-electron chi connectivity index (χ2n) is 11.1. The van der Waals surface area contributed by atoms with E-state index in [1.807, 2.05) is 49.4 Å². The minimum Gasteiger partial charge on any atom is -0.424 e. The van der Waals surface area contributed by atoms with Gasteiger partial charge in [-0.05, 0) is 87.4 Å². The fourth-order valence-electron chi connectivity index (χ4n) is 5.44. The number of nitrogens with zero attached hydrogens (tertiary/aromatic N) is 5. The van der Waals surface area contributed by atoms with E-state index in [1.165, 1.54) is 18.3 Å². The Kier molecular flexibility index (Phi) is 8.58. The lowest BCUT2D eigenvalue weighted by Crippen LogP contribution is -2.37. The van der Waals surface area contributed by atoms with Gasteiger partial charge in [0.15, 0.2) is 0 Å². The summed E-state index contributed by atoms with van der Waals surface area (Å²) < 4.78 is 35.4. The molecule has 0 aromatic carbocycles. The Morgan fingerprint density at radius 2 is 1.95 bits per heavy atom. The molecule has 5 rings (SSSR count). The molecule has 0 unspecified atom stereocenters. The smallest absolute Gasteiger partial charge is 0.312 e. The van der Waals surface area contributed by atoms with E-state index in [1.54, 1.807) is 29.8 Å². The fourth-order valence-corrected chi connectivity index (χ4v) is 5.44. The first-order valence-corrected chi connectivity index (χ1v) is 13.9. The van der Waals surface area contributed by atoms with Crippen molar-refractivity contribution in [1.82, 2.24) is 19.5 Å². The van der Waals surface area contributed by atoms with Crippen molar-refractivity contribution >= 4 is 17.6 Å². The van der Waals surface area contributed by atoms with Crippen molar-refractivity contribution < 1.29 is 28.0 Å². The quantitative estimate of drug-likeness (QED) is 0.204. The van der Waals surface area contributed by atoms with E-state index in [2.05, 4.69) is 20.3 Å². The molecule has 0 radical (unpaired) electrons. The Hall–Kier alpha value is -4.25. The van der Waals surface area contributed by atoms with E-state index in [0.717, 1.165) is 11.1 Å². The molecule has 0 saturated heterocycles. The molecule has 1 saturated carbocycles. The van der Waals surface area contributed by atoms with Crippen molar-refractivity contribution in [2.75, 3.05) is 5.32 Å². The zero-order valence-electron chi connectivity index (χ0n) is 23.9. The molecular formula is C31H35F2N6O3+. The van der Waals surface area contributed by atoms with Crippen LogP contribution in [-0.2, 0) is 28.9 Å². The van der Waals surface area contributed by atoms with Crippen molar-refractivity contribution in [2.24, 2.45) is 18.9 Å². The predicted octanol–water partition coefficient (Wildman–Crippen LogP) is 5.37. The van der Waals surface area contributed by atoms with E-state index in [9.17, 15) is 18.7 Å². The molecule has 4 aromatic heterocycles. The lowest BCUT2D eigenvalue weighted by molar-refractivity contribution is -0.671. The van der Waals surface area contributed by atoms with Crippen LogP contribution < -0.4 is 9.88 Å². The van der Waals surface area contributed by atoms with Crippen molar-refractivity contribution in [3.63, 3.8) is 0 Å². The maximum atomic E-state index is 13.1. The largest absolute Gasteiger partial charge is 0.424 e. The summed E-state index contributed by atoms with van der Waals surface area (Å²) in [4.78, 5) is 25.9. The summed E-state index contributed by atoms with van der Waals surface area (Å²) in [5, 5.41) is 14.5. The predicted molar refractivity (Wildman–Crippen MR) is 151 cm³/mol. The molecule has 0 spiro atoms. The highest BCUT2D eigenvalue weighted by atomic mass is 19.3. The summed E-state index contributed by atoms with van der Waals surface area (Å²) in [5.74, 6) is 0.314. The van der Waals surface area contributed by atoms with Crippen LogP contribution in [0.15, 0.2) is 67.5 Å². The number of carbonyl (C=O) groups excluding carboxylic acids is 1. The van der Waals surface area contributed by atoms with Gasteiger partial charge in [-0.15, -0.1) is 0 Å². The van der Waals surface area contributed by atoms with E-state index in [-0.39, 0.29) is 35.9 Å². The van der Waals surface area contributed by atoms with Crippen LogP contribution in [0, 0.1) is 18.8 Å². The lowest BCUT2D eigenvalue weighted by atomic mass is 9.73. The zero-order chi connectivity index (χ0) is 29.9. The second-order valence-corrected chi connectivity index (χ2v) is 11.1. The van der Waals surface area contributed by atoms with Gasteiger partial charge < -0.3 is 15.2 Å². The number of nitrogens with one attached hydrogen (secondary N) is 1. The van der Waals surface area contributed by atoms with Crippen LogP contribution in [0.3, 0.4) is 0 Å². The molecule has 1 aliphatic carbocycles. The maximum absolute atomic E-state index is 13.1. The van der Waals surface area contributed by atoms with Gasteiger partial charge in [-0.3, -0.25) is 9.78 Å². The Morgan fingerprint density at radius 3 is 2.62 bits per heavy atom. The van der Waals surface area contributed by atoms with Gasteiger partial charge in [-0.1, -0.05) is 0 Å². The summed E-state index contributed by atoms with van der Waals surface area (Å²) >= 11 is 0. The molecule has 0 aliphatic heterocycles. The van der Waals surface area contributed by atoms with Crippen molar-refractivity contribution in [1.29, 1.82) is 0 Å². The van der Waals surface area contributed by atoms with Gasteiger partial charge in [0.2, 0.25) is 13.1 Å². The number of carbonyl (C=O) groups is 1. The zero-order valence-corrected chi connectivity index (χ0v) is 23.9. The van der Waals surface area contributed by atoms with Crippen LogP contribution in [0.25, 0.3) is 11.3 Å². The number of anilines is 2. The molecule has 1 aliphatic rings. The van der Waals surface area contributed by atoms with Crippen LogP contribution in [0.2, 0.25) is 0 Å². The average Bonchev–Trinajstić information content (AvgIpc) is 3.40. The summed E-state index contributed by atoms with van der Waals surface area (Å²) in [6.45, 7) is 3.88. The average molecular weight is 578 g/mol. The third-order valence-corrected chi connectivity index (χ3v) is 7.87. The van der Waals surface area contributed by atoms with Gasteiger partial charge in [0.05, 0.1) is 24.4 Å². The standard InChI is InChI=1S/C31H35F2N6O3/c1-20-14-25(36-28(15-20)37-27-16-22(29(32)33)10-11-34-27)23-6-9-26(35-17-23)31(2,41)24-7-4-21(5-8-24)30(40)42-19-39-13-12-38(3)18-39/h6,9-18,21,24,29,41H,4-5,7-8,19H2,1-3H3,(H,34,36,37)/q+1/t21?,24?,31-/m1/s1. The van der Waals surface area contributed by atoms with Crippen LogP contribution in [0.1, 0.15) is 55.9 Å². The lowest BCUT2D eigenvalue weighted by Gasteiger charge is -2.37. The van der Waals surface area contributed by atoms with Gasteiger partial charge >= 0.3 is 5.97 Å². The number of hydrogen-bond acceptors (Lipinski definition) is 7. The summed E-state index contributed by atoms with van der Waals surface area (Å²) in [6.07, 6.45) is 8.66. The van der Waals surface area contributed by atoms with Gasteiger partial charge in [0.25, 0.3) is 6.43 Å². The Balaban J connectivity index is 1.21. The first-order valence-electron chi connectivity index (χ1n) is 13.9. The van der Waals surface area contributed by atoms with Gasteiger partial charge in [-0.25, -0.2) is 27.9 Å². The normalized spacial score (nSPS) is 18.5. The molecular weight excluding hydrogens is 542 g/mol. The molecule has 220 valence electrons. The second kappa shape index (κ2) is 12.3. The van der Waals surface area contributed by atoms with Crippen LogP contribution in [-0.4, -0.2) is 30.6 Å². The summed E-state index contributed by atoms with van der Waals surface area (Å²) in [5.41, 5.74) is 1.58. The number of halogens is 2. The molecule has 42 heavy (non-hydrogen) atoms. The number of alkyl halides is 2. The molecule has 0 amide bonds. The highest BCUT2D eigenvalue weighted by molar-refractivity contribution is 5.72. The van der Waals surface area contributed by atoms with Crippen LogP contribution in [0.5, 0.6) is 0 Å². The third kappa shape index (κ3) is 6.79. The monoisotopic (exact) mass is 577 g/mol. The minimum absolute atomic E-state index is 0.0483. The van der Waals surface area contributed by atoms with Crippen molar-refractivity contribution in [2.45, 2.75) is 58.3 Å². The minimum atomic E-state index is -2.59. The topological polar surface area (TPSA) is 106 Å².